The molecule has 0 aliphatic rings. The number of carbonyl (C=O) groups excluding carboxylic acids is 1. The van der Waals surface area contributed by atoms with Crippen molar-refractivity contribution in [3.8, 4) is 5.75 Å². The Bertz CT molecular complexity index is 733. The number of hydrogen-bond acceptors (Lipinski definition) is 4. The molecule has 2 atom stereocenters. The van der Waals surface area contributed by atoms with Gasteiger partial charge in [0.15, 0.2) is 0 Å². The number of carbonyl (C=O) groups is 1. The van der Waals surface area contributed by atoms with Crippen molar-refractivity contribution in [2.24, 2.45) is 5.92 Å². The van der Waals surface area contributed by atoms with Crippen molar-refractivity contribution in [3.05, 3.63) is 60.2 Å². The third-order valence-corrected chi connectivity index (χ3v) is 4.81. The molecular formula is C22H30N2O3. The van der Waals surface area contributed by atoms with Crippen LogP contribution in [0.3, 0.4) is 0 Å². The maximum atomic E-state index is 12.7. The van der Waals surface area contributed by atoms with E-state index in [2.05, 4.69) is 17.1 Å². The van der Waals surface area contributed by atoms with Crippen molar-refractivity contribution in [2.75, 3.05) is 33.1 Å². The molecule has 0 radical (unpaired) electrons. The van der Waals surface area contributed by atoms with Gasteiger partial charge in [-0.25, -0.2) is 4.79 Å². The first-order valence-corrected chi connectivity index (χ1v) is 9.25. The minimum atomic E-state index is -0.766. The molecule has 2 aromatic rings. The summed E-state index contributed by atoms with van der Waals surface area (Å²) in [6.07, 6.45) is 0.189. The molecule has 0 aromatic heterocycles. The van der Waals surface area contributed by atoms with Gasteiger partial charge in [0, 0.05) is 18.2 Å². The molecule has 0 unspecified atom stereocenters. The zero-order valence-corrected chi connectivity index (χ0v) is 16.9. The lowest BCUT2D eigenvalue weighted by Crippen LogP contribution is -2.43. The van der Waals surface area contributed by atoms with Gasteiger partial charge in [-0.1, -0.05) is 44.2 Å². The Balaban J connectivity index is 2.36. The van der Waals surface area contributed by atoms with Crippen LogP contribution in [0.4, 0.5) is 10.5 Å². The molecule has 0 aliphatic heterocycles. The summed E-state index contributed by atoms with van der Waals surface area (Å²) >= 11 is 0. The third-order valence-electron chi connectivity index (χ3n) is 4.81. The predicted octanol–water partition coefficient (Wildman–Crippen LogP) is 4.75. The van der Waals surface area contributed by atoms with E-state index < -0.39 is 11.7 Å². The van der Waals surface area contributed by atoms with Gasteiger partial charge in [-0.15, -0.1) is 0 Å². The number of benzene rings is 2. The average Bonchev–Trinajstić information content (AvgIpc) is 2.66. The minimum absolute atomic E-state index is 0.0751. The molecule has 0 heterocycles. The molecule has 1 amide bonds. The van der Waals surface area contributed by atoms with Crippen molar-refractivity contribution < 1.29 is 14.3 Å². The lowest BCUT2D eigenvalue weighted by Gasteiger charge is -2.39. The fourth-order valence-electron chi connectivity index (χ4n) is 3.48. The van der Waals surface area contributed by atoms with Gasteiger partial charge in [0.2, 0.25) is 0 Å². The van der Waals surface area contributed by atoms with E-state index in [1.165, 1.54) is 0 Å². The molecule has 0 saturated heterocycles. The summed E-state index contributed by atoms with van der Waals surface area (Å²) in [5.41, 5.74) is 0.873. The maximum absolute atomic E-state index is 12.7. The van der Waals surface area contributed by atoms with Crippen LogP contribution in [-0.2, 0) is 10.3 Å². The lowest BCUT2D eigenvalue weighted by atomic mass is 9.79. The van der Waals surface area contributed by atoms with Crippen molar-refractivity contribution in [1.29, 1.82) is 0 Å². The second-order valence-electron chi connectivity index (χ2n) is 7.02. The number of nitrogens with zero attached hydrogens (tertiary/aromatic N) is 1. The maximum Gasteiger partial charge on any atom is 0.412 e. The summed E-state index contributed by atoms with van der Waals surface area (Å²) in [5.74, 6) is 0.820. The number of methoxy groups -OCH3 is 1. The van der Waals surface area contributed by atoms with Gasteiger partial charge in [0.05, 0.1) is 7.11 Å². The zero-order valence-electron chi connectivity index (χ0n) is 16.9. The van der Waals surface area contributed by atoms with Gasteiger partial charge in [0.25, 0.3) is 0 Å². The van der Waals surface area contributed by atoms with E-state index in [0.29, 0.717) is 12.1 Å². The predicted molar refractivity (Wildman–Crippen MR) is 109 cm³/mol. The van der Waals surface area contributed by atoms with Gasteiger partial charge >= 0.3 is 6.09 Å². The molecule has 2 rings (SSSR count). The monoisotopic (exact) mass is 370 g/mol. The smallest absolute Gasteiger partial charge is 0.412 e. The molecular weight excluding hydrogens is 340 g/mol. The van der Waals surface area contributed by atoms with Gasteiger partial charge in [0.1, 0.15) is 11.4 Å². The largest absolute Gasteiger partial charge is 0.497 e. The van der Waals surface area contributed by atoms with Gasteiger partial charge < -0.3 is 14.4 Å². The summed E-state index contributed by atoms with van der Waals surface area (Å²) in [6, 6.07) is 17.1. The SMILES string of the molecule is CC[C@](OC(=O)Nc1ccccc1)(c1cccc(OC)c1)[C@@H](C)CN(C)C. The number of anilines is 1. The minimum Gasteiger partial charge on any atom is -0.497 e. The molecule has 5 nitrogen and oxygen atoms in total. The fourth-order valence-corrected chi connectivity index (χ4v) is 3.48. The first-order chi connectivity index (χ1) is 12.9. The highest BCUT2D eigenvalue weighted by molar-refractivity contribution is 5.84. The van der Waals surface area contributed by atoms with Crippen LogP contribution in [0, 0.1) is 5.92 Å². The van der Waals surface area contributed by atoms with E-state index in [1.54, 1.807) is 7.11 Å². The molecule has 0 fully saturated rings. The normalized spacial score (nSPS) is 14.3. The van der Waals surface area contributed by atoms with E-state index in [-0.39, 0.29) is 5.92 Å². The summed E-state index contributed by atoms with van der Waals surface area (Å²) < 4.78 is 11.5. The topological polar surface area (TPSA) is 50.8 Å². The zero-order chi connectivity index (χ0) is 19.9. The van der Waals surface area contributed by atoms with Crippen molar-refractivity contribution in [1.82, 2.24) is 4.90 Å². The van der Waals surface area contributed by atoms with Gasteiger partial charge in [-0.05, 0) is 50.3 Å². The summed E-state index contributed by atoms with van der Waals surface area (Å²) in [7, 11) is 5.68. The number of nitrogens with one attached hydrogen (secondary N) is 1. The Morgan fingerprint density at radius 2 is 1.85 bits per heavy atom. The van der Waals surface area contributed by atoms with Crippen molar-refractivity contribution >= 4 is 11.8 Å². The van der Waals surface area contributed by atoms with Crippen LogP contribution >= 0.6 is 0 Å². The molecule has 0 spiro atoms. The van der Waals surface area contributed by atoms with Crippen LogP contribution < -0.4 is 10.1 Å². The van der Waals surface area contributed by atoms with E-state index in [9.17, 15) is 4.79 Å². The molecule has 27 heavy (non-hydrogen) atoms. The van der Waals surface area contributed by atoms with E-state index in [0.717, 1.165) is 17.9 Å². The van der Waals surface area contributed by atoms with Crippen LogP contribution in [-0.4, -0.2) is 38.7 Å². The summed E-state index contributed by atoms with van der Waals surface area (Å²) in [4.78, 5) is 14.8. The Hall–Kier alpha value is -2.53. The van der Waals surface area contributed by atoms with E-state index in [1.807, 2.05) is 75.6 Å². The Labute approximate surface area is 162 Å². The molecule has 0 aliphatic carbocycles. The Morgan fingerprint density at radius 1 is 1.15 bits per heavy atom. The third kappa shape index (κ3) is 5.23. The molecule has 146 valence electrons. The second-order valence-corrected chi connectivity index (χ2v) is 7.02. The summed E-state index contributed by atoms with van der Waals surface area (Å²) in [5, 5.41) is 2.83. The number of amides is 1. The highest BCUT2D eigenvalue weighted by Gasteiger charge is 2.41. The quantitative estimate of drug-likeness (QED) is 0.729. The van der Waals surface area contributed by atoms with Crippen molar-refractivity contribution in [2.45, 2.75) is 25.9 Å². The molecule has 2 aromatic carbocycles. The number of hydrogen-bond donors (Lipinski definition) is 1. The van der Waals surface area contributed by atoms with Gasteiger partial charge in [-0.2, -0.15) is 0 Å². The summed E-state index contributed by atoms with van der Waals surface area (Å²) in [6.45, 7) is 4.93. The first-order valence-electron chi connectivity index (χ1n) is 9.25. The molecule has 0 saturated carbocycles. The molecule has 0 bridgehead atoms. The van der Waals surface area contributed by atoms with Crippen molar-refractivity contribution in [3.63, 3.8) is 0 Å². The first kappa shape index (κ1) is 20.8. The van der Waals surface area contributed by atoms with Gasteiger partial charge in [-0.3, -0.25) is 5.32 Å². The second kappa shape index (κ2) is 9.42. The number of ether oxygens (including phenoxy) is 2. The average molecular weight is 370 g/mol. The van der Waals surface area contributed by atoms with Crippen LogP contribution in [0.25, 0.3) is 0 Å². The standard InChI is InChI=1S/C22H30N2O3/c1-6-22(17(2)16-24(3)4,18-11-10-14-20(15-18)26-5)27-21(25)23-19-12-8-7-9-13-19/h7-15,17H,6,16H2,1-5H3,(H,23,25)/t17-,22+/m0/s1. The van der Waals surface area contributed by atoms with Crippen LogP contribution in [0.5, 0.6) is 5.75 Å². The highest BCUT2D eigenvalue weighted by Crippen LogP contribution is 2.39. The lowest BCUT2D eigenvalue weighted by molar-refractivity contribution is -0.0383. The Morgan fingerprint density at radius 3 is 2.44 bits per heavy atom. The van der Waals surface area contributed by atoms with Crippen LogP contribution in [0.15, 0.2) is 54.6 Å². The van der Waals surface area contributed by atoms with E-state index in [4.69, 9.17) is 9.47 Å². The number of rotatable bonds is 8. The fraction of sp³-hybridized carbons (Fsp3) is 0.409. The van der Waals surface area contributed by atoms with E-state index >= 15 is 0 Å². The van der Waals surface area contributed by atoms with Crippen LogP contribution in [0.1, 0.15) is 25.8 Å². The molecule has 1 N–H and O–H groups in total. The number of para-hydroxylation sites is 1. The Kier molecular flexibility index (Phi) is 7.25. The van der Waals surface area contributed by atoms with Crippen LogP contribution in [0.2, 0.25) is 0 Å². The highest BCUT2D eigenvalue weighted by atomic mass is 16.6. The molecule has 5 heteroatoms.